The van der Waals surface area contributed by atoms with Crippen molar-refractivity contribution in [1.82, 2.24) is 15.5 Å². The fraction of sp³-hybridized carbons (Fsp3) is 0.690. The minimum Gasteiger partial charge on any atom is -0.394 e. The number of carbonyl (C=O) groups is 3. The Morgan fingerprint density at radius 1 is 1.16 bits per heavy atom. The predicted octanol–water partition coefficient (Wildman–Crippen LogP) is 2.95. The predicted molar refractivity (Wildman–Crippen MR) is 140 cm³/mol. The lowest BCUT2D eigenvalue weighted by atomic mass is 9.70. The number of nitrogens with one attached hydrogen (secondary N) is 2. The molecule has 3 aliphatic heterocycles. The van der Waals surface area contributed by atoms with Crippen molar-refractivity contribution in [1.29, 1.82) is 0 Å². The second-order valence-electron chi connectivity index (χ2n) is 12.8. The molecule has 8 nitrogen and oxygen atoms in total. The summed E-state index contributed by atoms with van der Waals surface area (Å²) < 4.78 is 6.51. The molecule has 6 atom stereocenters. The van der Waals surface area contributed by atoms with Gasteiger partial charge in [0.25, 0.3) is 0 Å². The van der Waals surface area contributed by atoms with Gasteiger partial charge in [-0.2, -0.15) is 0 Å². The highest BCUT2D eigenvalue weighted by Crippen LogP contribution is 2.59. The Bertz CT molecular complexity index is 1020. The number of hydrogen-bond acceptors (Lipinski definition) is 5. The topological polar surface area (TPSA) is 108 Å². The van der Waals surface area contributed by atoms with E-state index in [9.17, 15) is 19.5 Å². The molecule has 8 heteroatoms. The Kier molecular flexibility index (Phi) is 7.47. The van der Waals surface area contributed by atoms with Gasteiger partial charge in [0, 0.05) is 12.1 Å². The fourth-order valence-electron chi connectivity index (χ4n) is 7.19. The van der Waals surface area contributed by atoms with Gasteiger partial charge in [-0.3, -0.25) is 14.4 Å². The van der Waals surface area contributed by atoms with Crippen LogP contribution < -0.4 is 10.6 Å². The van der Waals surface area contributed by atoms with Gasteiger partial charge in [-0.1, -0.05) is 58.0 Å². The minimum atomic E-state index is -1.10. The molecule has 4 rings (SSSR count). The molecule has 2 bridgehead atoms. The highest BCUT2D eigenvalue weighted by atomic mass is 16.5. The molecule has 0 saturated carbocycles. The maximum atomic E-state index is 14.2. The van der Waals surface area contributed by atoms with Crippen molar-refractivity contribution < 1.29 is 24.2 Å². The first-order valence-corrected chi connectivity index (χ1v) is 13.6. The van der Waals surface area contributed by atoms with Crippen LogP contribution in [-0.2, 0) is 19.1 Å². The summed E-state index contributed by atoms with van der Waals surface area (Å²) in [5, 5.41) is 16.7. The summed E-state index contributed by atoms with van der Waals surface area (Å²) in [7, 11) is 0. The number of carbonyl (C=O) groups excluding carboxylic acids is 3. The molecule has 3 fully saturated rings. The number of amides is 3. The number of aliphatic hydroxyl groups excluding tert-OH is 1. The number of aliphatic hydroxyl groups is 1. The van der Waals surface area contributed by atoms with E-state index in [2.05, 4.69) is 31.4 Å². The molecule has 0 aromatic heterocycles. The monoisotopic (exact) mass is 513 g/mol. The van der Waals surface area contributed by atoms with E-state index in [1.54, 1.807) is 0 Å². The standard InChI is InChI=1S/C29H43N3O5/c1-7-15-30-24(34)21-20-13-14-29(37-20)22(21)26(36)32(19(16-33)18-11-9-8-10-12-18)23(29)25(35)31-28(5,6)17-27(2,3)4/h8-12,19-23,33H,7,13-17H2,1-6H3,(H,30,34)(H,31,35)/t19-,20+,21-,22+,23?,29?/m1/s1. The molecule has 2 unspecified atom stereocenters. The summed E-state index contributed by atoms with van der Waals surface area (Å²) in [6, 6.07) is 7.59. The van der Waals surface area contributed by atoms with E-state index in [4.69, 9.17) is 4.74 Å². The van der Waals surface area contributed by atoms with E-state index < -0.39 is 41.2 Å². The van der Waals surface area contributed by atoms with Crippen LogP contribution in [0.5, 0.6) is 0 Å². The van der Waals surface area contributed by atoms with E-state index in [0.29, 0.717) is 19.4 Å². The lowest BCUT2D eigenvalue weighted by Crippen LogP contribution is -2.60. The fourth-order valence-corrected chi connectivity index (χ4v) is 7.19. The summed E-state index contributed by atoms with van der Waals surface area (Å²) in [5.74, 6) is -2.19. The number of nitrogens with zero attached hydrogens (tertiary/aromatic N) is 1. The molecule has 3 saturated heterocycles. The highest BCUT2D eigenvalue weighted by Gasteiger charge is 2.75. The minimum absolute atomic E-state index is 0.0226. The lowest BCUT2D eigenvalue weighted by Gasteiger charge is -2.40. The third kappa shape index (κ3) is 5.02. The Morgan fingerprint density at radius 3 is 2.43 bits per heavy atom. The zero-order chi connectivity index (χ0) is 27.2. The molecular formula is C29H43N3O5. The van der Waals surface area contributed by atoms with Crippen LogP contribution in [0.2, 0.25) is 0 Å². The van der Waals surface area contributed by atoms with Gasteiger partial charge in [0.15, 0.2) is 0 Å². The first-order valence-electron chi connectivity index (χ1n) is 13.6. The van der Waals surface area contributed by atoms with E-state index in [1.165, 1.54) is 4.90 Å². The zero-order valence-electron chi connectivity index (χ0n) is 23.0. The van der Waals surface area contributed by atoms with Crippen LogP contribution in [0.25, 0.3) is 0 Å². The Hall–Kier alpha value is -2.45. The van der Waals surface area contributed by atoms with Gasteiger partial charge in [-0.25, -0.2) is 0 Å². The van der Waals surface area contributed by atoms with E-state index in [1.807, 2.05) is 51.1 Å². The molecule has 37 heavy (non-hydrogen) atoms. The molecule has 3 N–H and O–H groups in total. The molecule has 3 amide bonds. The van der Waals surface area contributed by atoms with Crippen molar-refractivity contribution >= 4 is 17.7 Å². The van der Waals surface area contributed by atoms with Crippen molar-refractivity contribution in [3.05, 3.63) is 35.9 Å². The maximum absolute atomic E-state index is 14.2. The number of likely N-dealkylation sites (tertiary alicyclic amines) is 1. The van der Waals surface area contributed by atoms with Crippen molar-refractivity contribution in [2.45, 2.75) is 96.6 Å². The quantitative estimate of drug-likeness (QED) is 0.471. The van der Waals surface area contributed by atoms with Gasteiger partial charge < -0.3 is 25.4 Å². The zero-order valence-corrected chi connectivity index (χ0v) is 23.0. The van der Waals surface area contributed by atoms with Crippen LogP contribution in [0.3, 0.4) is 0 Å². The average molecular weight is 514 g/mol. The number of rotatable bonds is 9. The van der Waals surface area contributed by atoms with Crippen LogP contribution in [-0.4, -0.2) is 64.2 Å². The van der Waals surface area contributed by atoms with Crippen molar-refractivity contribution in [3.8, 4) is 0 Å². The molecular weight excluding hydrogens is 470 g/mol. The molecule has 0 aliphatic carbocycles. The van der Waals surface area contributed by atoms with Gasteiger partial charge in [-0.05, 0) is 50.5 Å². The molecule has 0 radical (unpaired) electrons. The highest BCUT2D eigenvalue weighted by molar-refractivity contribution is 5.99. The number of ether oxygens (including phenoxy) is 1. The third-order valence-corrected chi connectivity index (χ3v) is 7.97. The Labute approximate surface area is 220 Å². The molecule has 1 aromatic rings. The van der Waals surface area contributed by atoms with Gasteiger partial charge in [0.2, 0.25) is 17.7 Å². The summed E-state index contributed by atoms with van der Waals surface area (Å²) in [6.45, 7) is 12.5. The number of benzene rings is 1. The summed E-state index contributed by atoms with van der Waals surface area (Å²) >= 11 is 0. The summed E-state index contributed by atoms with van der Waals surface area (Å²) in [4.78, 5) is 43.1. The van der Waals surface area contributed by atoms with Crippen molar-refractivity contribution in [3.63, 3.8) is 0 Å². The SMILES string of the molecule is CCCNC(=O)[C@@H]1[C@@H]2CCC3(O2)C(C(=O)NC(C)(C)CC(C)(C)C)N([C@H](CO)c2ccccc2)C(=O)[C@H]13. The largest absolute Gasteiger partial charge is 0.394 e. The maximum Gasteiger partial charge on any atom is 0.246 e. The lowest BCUT2D eigenvalue weighted by molar-refractivity contribution is -0.146. The van der Waals surface area contributed by atoms with Gasteiger partial charge in [0.1, 0.15) is 11.6 Å². The molecule has 204 valence electrons. The average Bonchev–Trinajstić information content (AvgIpc) is 3.44. The van der Waals surface area contributed by atoms with E-state index in [0.717, 1.165) is 18.4 Å². The van der Waals surface area contributed by atoms with Gasteiger partial charge >= 0.3 is 0 Å². The van der Waals surface area contributed by atoms with Crippen LogP contribution in [0.15, 0.2) is 30.3 Å². The second-order valence-corrected chi connectivity index (χ2v) is 12.8. The number of hydrogen-bond donors (Lipinski definition) is 3. The van der Waals surface area contributed by atoms with Crippen LogP contribution in [0, 0.1) is 17.3 Å². The van der Waals surface area contributed by atoms with Gasteiger partial charge in [0.05, 0.1) is 30.6 Å². The van der Waals surface area contributed by atoms with Crippen LogP contribution in [0.4, 0.5) is 0 Å². The molecule has 1 spiro atoms. The third-order valence-electron chi connectivity index (χ3n) is 7.97. The van der Waals surface area contributed by atoms with Crippen LogP contribution >= 0.6 is 0 Å². The first kappa shape index (κ1) is 27.6. The van der Waals surface area contributed by atoms with Crippen molar-refractivity contribution in [2.24, 2.45) is 17.3 Å². The smallest absolute Gasteiger partial charge is 0.246 e. The first-order chi connectivity index (χ1) is 17.3. The Morgan fingerprint density at radius 2 is 1.84 bits per heavy atom. The normalized spacial score (nSPS) is 29.8. The number of fused-ring (bicyclic) bond motifs is 1. The summed E-state index contributed by atoms with van der Waals surface area (Å²) in [5.41, 5.74) is -0.914. The molecule has 3 aliphatic rings. The van der Waals surface area contributed by atoms with Crippen molar-refractivity contribution in [2.75, 3.05) is 13.2 Å². The van der Waals surface area contributed by atoms with Crippen LogP contribution in [0.1, 0.15) is 78.8 Å². The van der Waals surface area contributed by atoms with E-state index in [-0.39, 0.29) is 29.7 Å². The van der Waals surface area contributed by atoms with E-state index >= 15 is 0 Å². The summed E-state index contributed by atoms with van der Waals surface area (Å²) in [6.07, 6.45) is 2.26. The molecule has 1 aromatic carbocycles. The molecule has 3 heterocycles. The second kappa shape index (κ2) is 10.0. The van der Waals surface area contributed by atoms with Gasteiger partial charge in [-0.15, -0.1) is 0 Å². The Balaban J connectivity index is 1.76.